The molecular formula is C21H26N4O2S. The molecule has 148 valence electrons. The molecule has 6 nitrogen and oxygen atoms in total. The van der Waals surface area contributed by atoms with Crippen LogP contribution in [0.2, 0.25) is 0 Å². The SMILES string of the molecule is CCN(C(=O)[C@H](C)Sc1nnc(-c2c[nH]c3ccccc23)o1)C1CCCCC1. The maximum absolute atomic E-state index is 13.0. The van der Waals surface area contributed by atoms with Crippen LogP contribution in [0.1, 0.15) is 46.0 Å². The Labute approximate surface area is 169 Å². The smallest absolute Gasteiger partial charge is 0.277 e. The van der Waals surface area contributed by atoms with Crippen LogP contribution in [0.4, 0.5) is 0 Å². The summed E-state index contributed by atoms with van der Waals surface area (Å²) in [6.07, 6.45) is 7.82. The molecule has 0 bridgehead atoms. The minimum absolute atomic E-state index is 0.159. The van der Waals surface area contributed by atoms with Gasteiger partial charge in [-0.3, -0.25) is 4.79 Å². The first-order valence-electron chi connectivity index (χ1n) is 10.0. The van der Waals surface area contributed by atoms with Gasteiger partial charge in [0, 0.05) is 29.7 Å². The van der Waals surface area contributed by atoms with Crippen LogP contribution >= 0.6 is 11.8 Å². The molecule has 1 aromatic carbocycles. The van der Waals surface area contributed by atoms with E-state index < -0.39 is 0 Å². The molecule has 0 aliphatic heterocycles. The predicted molar refractivity (Wildman–Crippen MR) is 111 cm³/mol. The largest absolute Gasteiger partial charge is 0.411 e. The van der Waals surface area contributed by atoms with Crippen molar-refractivity contribution in [2.24, 2.45) is 0 Å². The van der Waals surface area contributed by atoms with Gasteiger partial charge in [0.25, 0.3) is 11.1 Å². The summed E-state index contributed by atoms with van der Waals surface area (Å²) < 4.78 is 5.87. The molecule has 0 spiro atoms. The second-order valence-corrected chi connectivity index (χ2v) is 8.59. The summed E-state index contributed by atoms with van der Waals surface area (Å²) in [6.45, 7) is 4.73. The summed E-state index contributed by atoms with van der Waals surface area (Å²) in [7, 11) is 0. The van der Waals surface area contributed by atoms with Crippen LogP contribution in [0.5, 0.6) is 0 Å². The first-order valence-corrected chi connectivity index (χ1v) is 10.9. The van der Waals surface area contributed by atoms with Crippen LogP contribution in [0.15, 0.2) is 40.1 Å². The van der Waals surface area contributed by atoms with Crippen molar-refractivity contribution in [1.82, 2.24) is 20.1 Å². The highest BCUT2D eigenvalue weighted by Crippen LogP contribution is 2.32. The van der Waals surface area contributed by atoms with E-state index in [1.165, 1.54) is 31.0 Å². The van der Waals surface area contributed by atoms with Gasteiger partial charge in [0.1, 0.15) is 0 Å². The van der Waals surface area contributed by atoms with Crippen molar-refractivity contribution in [1.29, 1.82) is 0 Å². The zero-order valence-electron chi connectivity index (χ0n) is 16.4. The van der Waals surface area contributed by atoms with E-state index in [2.05, 4.69) is 22.1 Å². The number of fused-ring (bicyclic) bond motifs is 1. The molecule has 0 unspecified atom stereocenters. The number of benzene rings is 1. The number of aromatic amines is 1. The molecule has 1 atom stereocenters. The average molecular weight is 399 g/mol. The minimum atomic E-state index is -0.252. The Morgan fingerprint density at radius 1 is 1.29 bits per heavy atom. The van der Waals surface area contributed by atoms with E-state index in [9.17, 15) is 4.79 Å². The zero-order chi connectivity index (χ0) is 19.5. The molecule has 28 heavy (non-hydrogen) atoms. The van der Waals surface area contributed by atoms with Crippen molar-refractivity contribution >= 4 is 28.6 Å². The highest BCUT2D eigenvalue weighted by Gasteiger charge is 2.29. The Balaban J connectivity index is 1.46. The third kappa shape index (κ3) is 3.81. The molecule has 2 aromatic heterocycles. The lowest BCUT2D eigenvalue weighted by Crippen LogP contribution is -2.44. The van der Waals surface area contributed by atoms with Gasteiger partial charge < -0.3 is 14.3 Å². The van der Waals surface area contributed by atoms with Crippen molar-refractivity contribution in [3.63, 3.8) is 0 Å². The summed E-state index contributed by atoms with van der Waals surface area (Å²) in [5.41, 5.74) is 1.91. The Bertz CT molecular complexity index is 945. The second kappa shape index (κ2) is 8.39. The average Bonchev–Trinajstić information content (AvgIpc) is 3.36. The number of amides is 1. The molecule has 1 aliphatic carbocycles. The van der Waals surface area contributed by atoms with E-state index in [1.54, 1.807) is 0 Å². The van der Waals surface area contributed by atoms with E-state index in [4.69, 9.17) is 4.42 Å². The summed E-state index contributed by atoms with van der Waals surface area (Å²) >= 11 is 1.34. The molecule has 2 heterocycles. The molecule has 7 heteroatoms. The lowest BCUT2D eigenvalue weighted by atomic mass is 9.94. The van der Waals surface area contributed by atoms with E-state index in [-0.39, 0.29) is 11.2 Å². The molecule has 1 N–H and O–H groups in total. The number of aromatic nitrogens is 3. The van der Waals surface area contributed by atoms with Gasteiger partial charge in [0.2, 0.25) is 5.91 Å². The Morgan fingerprint density at radius 3 is 2.86 bits per heavy atom. The van der Waals surface area contributed by atoms with Gasteiger partial charge in [-0.05, 0) is 32.8 Å². The van der Waals surface area contributed by atoms with Gasteiger partial charge >= 0.3 is 0 Å². The Hall–Kier alpha value is -2.28. The van der Waals surface area contributed by atoms with Crippen molar-refractivity contribution in [3.8, 4) is 11.5 Å². The normalized spacial score (nSPS) is 16.4. The van der Waals surface area contributed by atoms with E-state index in [1.807, 2.05) is 42.3 Å². The number of carbonyl (C=O) groups excluding carboxylic acids is 1. The maximum atomic E-state index is 13.0. The van der Waals surface area contributed by atoms with Gasteiger partial charge in [-0.25, -0.2) is 0 Å². The summed E-state index contributed by atoms with van der Waals surface area (Å²) in [5.74, 6) is 0.630. The molecule has 4 rings (SSSR count). The van der Waals surface area contributed by atoms with Gasteiger partial charge in [0.05, 0.1) is 10.8 Å². The number of thioether (sulfide) groups is 1. The number of nitrogens with one attached hydrogen (secondary N) is 1. The van der Waals surface area contributed by atoms with Crippen molar-refractivity contribution in [3.05, 3.63) is 30.5 Å². The molecule has 3 aromatic rings. The lowest BCUT2D eigenvalue weighted by molar-refractivity contribution is -0.133. The molecule has 0 radical (unpaired) electrons. The quantitative estimate of drug-likeness (QED) is 0.599. The van der Waals surface area contributed by atoms with Crippen LogP contribution in [0.3, 0.4) is 0 Å². The van der Waals surface area contributed by atoms with E-state index in [0.29, 0.717) is 17.2 Å². The minimum Gasteiger partial charge on any atom is -0.411 e. The Morgan fingerprint density at radius 2 is 2.07 bits per heavy atom. The fraction of sp³-hybridized carbons (Fsp3) is 0.476. The first kappa shape index (κ1) is 19.1. The second-order valence-electron chi connectivity index (χ2n) is 7.30. The molecule has 1 aliphatic rings. The molecular weight excluding hydrogens is 372 g/mol. The number of para-hydroxylation sites is 1. The van der Waals surface area contributed by atoms with Crippen LogP contribution in [0.25, 0.3) is 22.4 Å². The standard InChI is InChI=1S/C21H26N4O2S/c1-3-25(15-9-5-4-6-10-15)20(26)14(2)28-21-24-23-19(27-21)17-13-22-18-12-8-7-11-16(17)18/h7-8,11-15,22H,3-6,9-10H2,1-2H3/t14-/m0/s1. The zero-order valence-corrected chi connectivity index (χ0v) is 17.2. The van der Waals surface area contributed by atoms with Crippen molar-refractivity contribution < 1.29 is 9.21 Å². The van der Waals surface area contributed by atoms with Gasteiger partial charge in [0.15, 0.2) is 0 Å². The van der Waals surface area contributed by atoms with Crippen molar-refractivity contribution in [2.45, 2.75) is 62.5 Å². The van der Waals surface area contributed by atoms with Crippen molar-refractivity contribution in [2.75, 3.05) is 6.54 Å². The number of hydrogen-bond acceptors (Lipinski definition) is 5. The number of H-pyrrole nitrogens is 1. The molecule has 1 saturated carbocycles. The Kier molecular flexibility index (Phi) is 5.71. The van der Waals surface area contributed by atoms with Gasteiger partial charge in [-0.15, -0.1) is 10.2 Å². The lowest BCUT2D eigenvalue weighted by Gasteiger charge is -2.34. The highest BCUT2D eigenvalue weighted by atomic mass is 32.2. The van der Waals surface area contributed by atoms with Gasteiger partial charge in [-0.1, -0.05) is 49.2 Å². The van der Waals surface area contributed by atoms with Crippen LogP contribution in [-0.4, -0.2) is 43.8 Å². The summed E-state index contributed by atoms with van der Waals surface area (Å²) in [6, 6.07) is 8.37. The van der Waals surface area contributed by atoms with E-state index in [0.717, 1.165) is 35.9 Å². The van der Waals surface area contributed by atoms with E-state index >= 15 is 0 Å². The maximum Gasteiger partial charge on any atom is 0.277 e. The fourth-order valence-corrected chi connectivity index (χ4v) is 4.79. The topological polar surface area (TPSA) is 75.0 Å². The first-order chi connectivity index (χ1) is 13.7. The fourth-order valence-electron chi connectivity index (χ4n) is 4.04. The van der Waals surface area contributed by atoms with Gasteiger partial charge in [-0.2, -0.15) is 0 Å². The van der Waals surface area contributed by atoms with Crippen LogP contribution < -0.4 is 0 Å². The molecule has 0 saturated heterocycles. The predicted octanol–water partition coefficient (Wildman–Crippen LogP) is 4.88. The number of nitrogens with zero attached hydrogens (tertiary/aromatic N) is 3. The number of carbonyl (C=O) groups is 1. The third-order valence-corrected chi connectivity index (χ3v) is 6.41. The van der Waals surface area contributed by atoms with Crippen LogP contribution in [-0.2, 0) is 4.79 Å². The molecule has 1 amide bonds. The summed E-state index contributed by atoms with van der Waals surface area (Å²) in [5, 5.41) is 9.58. The molecule has 1 fully saturated rings. The van der Waals surface area contributed by atoms with Crippen LogP contribution in [0, 0.1) is 0 Å². The third-order valence-electron chi connectivity index (χ3n) is 5.49. The monoisotopic (exact) mass is 398 g/mol. The number of hydrogen-bond donors (Lipinski definition) is 1. The summed E-state index contributed by atoms with van der Waals surface area (Å²) in [4.78, 5) is 18.3. The number of rotatable bonds is 6. The highest BCUT2D eigenvalue weighted by molar-refractivity contribution is 8.00.